The molecule has 1 aliphatic carbocycles. The second-order valence-corrected chi connectivity index (χ2v) is 8.71. The van der Waals surface area contributed by atoms with E-state index < -0.39 is 0 Å². The van der Waals surface area contributed by atoms with Crippen LogP contribution in [0.15, 0.2) is 35.9 Å². The molecule has 23 heavy (non-hydrogen) atoms. The van der Waals surface area contributed by atoms with Crippen LogP contribution in [0.25, 0.3) is 0 Å². The van der Waals surface area contributed by atoms with Crippen LogP contribution in [-0.2, 0) is 5.41 Å². The molecule has 0 saturated heterocycles. The number of hydrogen-bond acceptors (Lipinski definition) is 1. The maximum atomic E-state index is 12.7. The molecule has 0 bridgehead atoms. The standard InChI is InChI=1S/C22H32O/c1-7-22(5,6)19-14-10-17(11-15-19)20(23)16-8-12-18(13-9-16)21(2,3)4/h8,10-11,14-15,18H,7,9,12-13H2,1-6H3. The number of benzene rings is 1. The van der Waals surface area contributed by atoms with Crippen molar-refractivity contribution >= 4 is 5.78 Å². The summed E-state index contributed by atoms with van der Waals surface area (Å²) in [4.78, 5) is 12.7. The molecule has 0 fully saturated rings. The van der Waals surface area contributed by atoms with Gasteiger partial charge in [-0.3, -0.25) is 4.79 Å². The number of rotatable bonds is 4. The first-order valence-electron chi connectivity index (χ1n) is 8.99. The summed E-state index contributed by atoms with van der Waals surface area (Å²) < 4.78 is 0. The highest BCUT2D eigenvalue weighted by Gasteiger charge is 2.28. The molecule has 0 spiro atoms. The Balaban J connectivity index is 2.11. The third kappa shape index (κ3) is 4.13. The van der Waals surface area contributed by atoms with Gasteiger partial charge in [-0.05, 0) is 53.6 Å². The summed E-state index contributed by atoms with van der Waals surface area (Å²) >= 11 is 0. The Morgan fingerprint density at radius 1 is 1.09 bits per heavy atom. The Morgan fingerprint density at radius 3 is 2.13 bits per heavy atom. The van der Waals surface area contributed by atoms with Crippen LogP contribution in [0, 0.1) is 11.3 Å². The summed E-state index contributed by atoms with van der Waals surface area (Å²) in [6.45, 7) is 13.6. The van der Waals surface area contributed by atoms with Crippen LogP contribution in [0.3, 0.4) is 0 Å². The zero-order chi connectivity index (χ0) is 17.3. The van der Waals surface area contributed by atoms with E-state index in [4.69, 9.17) is 0 Å². The van der Waals surface area contributed by atoms with E-state index in [0.29, 0.717) is 11.3 Å². The summed E-state index contributed by atoms with van der Waals surface area (Å²) in [5.74, 6) is 0.907. The van der Waals surface area contributed by atoms with Gasteiger partial charge in [-0.15, -0.1) is 0 Å². The second-order valence-electron chi connectivity index (χ2n) is 8.71. The molecule has 1 aromatic carbocycles. The Bertz CT molecular complexity index is 581. The molecular formula is C22H32O. The van der Waals surface area contributed by atoms with E-state index in [2.05, 4.69) is 59.8 Å². The first-order valence-corrected chi connectivity index (χ1v) is 8.99. The predicted molar refractivity (Wildman–Crippen MR) is 99.0 cm³/mol. The molecule has 1 unspecified atom stereocenters. The molecule has 0 heterocycles. The molecule has 0 amide bonds. The van der Waals surface area contributed by atoms with Gasteiger partial charge < -0.3 is 0 Å². The van der Waals surface area contributed by atoms with Gasteiger partial charge in [0.05, 0.1) is 0 Å². The van der Waals surface area contributed by atoms with Crippen LogP contribution in [0.1, 0.15) is 83.1 Å². The fraction of sp³-hybridized carbons (Fsp3) is 0.591. The third-order valence-electron chi connectivity index (χ3n) is 5.74. The minimum absolute atomic E-state index is 0.172. The lowest BCUT2D eigenvalue weighted by Gasteiger charge is -2.33. The van der Waals surface area contributed by atoms with Gasteiger partial charge in [-0.1, -0.05) is 71.9 Å². The summed E-state index contributed by atoms with van der Waals surface area (Å²) in [5, 5.41) is 0. The van der Waals surface area contributed by atoms with Crippen molar-refractivity contribution in [3.8, 4) is 0 Å². The van der Waals surface area contributed by atoms with E-state index >= 15 is 0 Å². The summed E-state index contributed by atoms with van der Waals surface area (Å²) in [6, 6.07) is 8.26. The van der Waals surface area contributed by atoms with Gasteiger partial charge in [-0.25, -0.2) is 0 Å². The SMILES string of the molecule is CCC(C)(C)c1ccc(C(=O)C2=CCC(C(C)(C)C)CC2)cc1. The average Bonchev–Trinajstić information content (AvgIpc) is 2.53. The monoisotopic (exact) mass is 312 g/mol. The largest absolute Gasteiger partial charge is 0.289 e. The fourth-order valence-electron chi connectivity index (χ4n) is 3.29. The number of allylic oxidation sites excluding steroid dienone is 2. The molecule has 1 aliphatic rings. The lowest BCUT2D eigenvalue weighted by molar-refractivity contribution is 0.102. The van der Waals surface area contributed by atoms with Crippen molar-refractivity contribution in [2.24, 2.45) is 11.3 Å². The minimum atomic E-state index is 0.172. The van der Waals surface area contributed by atoms with Crippen molar-refractivity contribution in [3.05, 3.63) is 47.0 Å². The van der Waals surface area contributed by atoms with Crippen LogP contribution in [-0.4, -0.2) is 5.78 Å². The van der Waals surface area contributed by atoms with Crippen molar-refractivity contribution in [2.75, 3.05) is 0 Å². The van der Waals surface area contributed by atoms with E-state index in [1.165, 1.54) is 5.56 Å². The topological polar surface area (TPSA) is 17.1 Å². The Labute approximate surface area is 142 Å². The van der Waals surface area contributed by atoms with E-state index in [-0.39, 0.29) is 11.2 Å². The number of Topliss-reactive ketones (excluding diaryl/α,β-unsaturated/α-hetero) is 1. The normalized spacial score (nSPS) is 19.4. The molecule has 0 N–H and O–H groups in total. The Kier molecular flexibility index (Phi) is 5.18. The van der Waals surface area contributed by atoms with Crippen molar-refractivity contribution in [3.63, 3.8) is 0 Å². The number of carbonyl (C=O) groups is 1. The van der Waals surface area contributed by atoms with Crippen LogP contribution in [0.5, 0.6) is 0 Å². The lowest BCUT2D eigenvalue weighted by atomic mass is 9.72. The highest BCUT2D eigenvalue weighted by Crippen LogP contribution is 2.37. The van der Waals surface area contributed by atoms with Crippen molar-refractivity contribution in [1.82, 2.24) is 0 Å². The van der Waals surface area contributed by atoms with E-state index in [1.54, 1.807) is 0 Å². The number of ketones is 1. The van der Waals surface area contributed by atoms with Crippen LogP contribution in [0.2, 0.25) is 0 Å². The molecule has 0 radical (unpaired) electrons. The van der Waals surface area contributed by atoms with Gasteiger partial charge in [0.1, 0.15) is 0 Å². The van der Waals surface area contributed by atoms with Crippen molar-refractivity contribution < 1.29 is 4.79 Å². The van der Waals surface area contributed by atoms with Crippen molar-refractivity contribution in [1.29, 1.82) is 0 Å². The Morgan fingerprint density at radius 2 is 1.70 bits per heavy atom. The smallest absolute Gasteiger partial charge is 0.188 e. The molecule has 2 rings (SSSR count). The molecule has 1 heteroatoms. The summed E-state index contributed by atoms with van der Waals surface area (Å²) in [5.41, 5.74) is 3.65. The highest BCUT2D eigenvalue weighted by atomic mass is 16.1. The Hall–Kier alpha value is -1.37. The van der Waals surface area contributed by atoms with E-state index in [9.17, 15) is 4.79 Å². The van der Waals surface area contributed by atoms with Gasteiger partial charge in [0.25, 0.3) is 0 Å². The zero-order valence-corrected chi connectivity index (χ0v) is 15.7. The minimum Gasteiger partial charge on any atom is -0.289 e. The molecule has 0 aromatic heterocycles. The van der Waals surface area contributed by atoms with Crippen LogP contribution in [0.4, 0.5) is 0 Å². The van der Waals surface area contributed by atoms with Gasteiger partial charge in [0, 0.05) is 5.56 Å². The zero-order valence-electron chi connectivity index (χ0n) is 15.7. The van der Waals surface area contributed by atoms with Gasteiger partial charge in [-0.2, -0.15) is 0 Å². The summed E-state index contributed by atoms with van der Waals surface area (Å²) in [7, 11) is 0. The van der Waals surface area contributed by atoms with Gasteiger partial charge in [0.15, 0.2) is 5.78 Å². The maximum absolute atomic E-state index is 12.7. The summed E-state index contributed by atoms with van der Waals surface area (Å²) in [6.07, 6.45) is 6.36. The number of carbonyl (C=O) groups excluding carboxylic acids is 1. The number of hydrogen-bond donors (Lipinski definition) is 0. The second kappa shape index (κ2) is 6.63. The van der Waals surface area contributed by atoms with Crippen molar-refractivity contribution in [2.45, 2.75) is 72.6 Å². The predicted octanol–water partition coefficient (Wildman–Crippen LogP) is 6.33. The molecule has 126 valence electrons. The molecule has 1 atom stereocenters. The first-order chi connectivity index (χ1) is 10.6. The van der Waals surface area contributed by atoms with Gasteiger partial charge >= 0.3 is 0 Å². The van der Waals surface area contributed by atoms with E-state index in [1.807, 2.05) is 12.1 Å². The van der Waals surface area contributed by atoms with Crippen LogP contribution >= 0.6 is 0 Å². The fourth-order valence-corrected chi connectivity index (χ4v) is 3.29. The first kappa shape index (κ1) is 18.0. The molecule has 0 saturated carbocycles. The van der Waals surface area contributed by atoms with E-state index in [0.717, 1.165) is 36.8 Å². The van der Waals surface area contributed by atoms with Gasteiger partial charge in [0.2, 0.25) is 0 Å². The average molecular weight is 312 g/mol. The molecule has 0 aliphatic heterocycles. The maximum Gasteiger partial charge on any atom is 0.188 e. The highest BCUT2D eigenvalue weighted by molar-refractivity contribution is 6.08. The molecule has 1 aromatic rings. The lowest BCUT2D eigenvalue weighted by Crippen LogP contribution is -2.23. The molecular weight excluding hydrogens is 280 g/mol. The van der Waals surface area contributed by atoms with Crippen LogP contribution < -0.4 is 0 Å². The molecule has 1 nitrogen and oxygen atoms in total. The quantitative estimate of drug-likeness (QED) is 0.594. The third-order valence-corrected chi connectivity index (χ3v) is 5.74.